The number of thiophene rings is 1. The molecule has 5 rings (SSSR count). The molecule has 3 heterocycles. The number of ether oxygens (including phenoxy) is 1. The monoisotopic (exact) mass is 540 g/mol. The van der Waals surface area contributed by atoms with Gasteiger partial charge < -0.3 is 9.84 Å². The Morgan fingerprint density at radius 1 is 1.18 bits per heavy atom. The van der Waals surface area contributed by atoms with Gasteiger partial charge in [0.15, 0.2) is 5.13 Å². The third kappa shape index (κ3) is 3.66. The van der Waals surface area contributed by atoms with Gasteiger partial charge in [-0.25, -0.2) is 4.98 Å². The minimum absolute atomic E-state index is 0.0535. The van der Waals surface area contributed by atoms with Gasteiger partial charge in [-0.15, -0.1) is 11.3 Å². The Morgan fingerprint density at radius 3 is 2.61 bits per heavy atom. The van der Waals surface area contributed by atoms with Crippen LogP contribution in [0.2, 0.25) is 0 Å². The zero-order chi connectivity index (χ0) is 23.3. The zero-order valence-corrected chi connectivity index (χ0v) is 20.8. The standard InChI is InChI=1S/C24H17BrN2O4S2/c1-12-10-15-18(11-16(12)31-2)33-24(26-15)27-20(17-4-3-9-32-17)19(22(29)23(27)30)21(28)13-5-7-14(25)8-6-13/h3-11,20,28H,1-2H3/b21-19+. The van der Waals surface area contributed by atoms with Gasteiger partial charge >= 0.3 is 5.91 Å². The van der Waals surface area contributed by atoms with E-state index >= 15 is 0 Å². The average Bonchev–Trinajstić information content (AvgIpc) is 3.52. The SMILES string of the molecule is COc1cc2sc(N3C(=O)C(=O)/C(=C(/O)c4ccc(Br)cc4)C3c3cccs3)nc2cc1C. The number of carbonyl (C=O) groups is 2. The summed E-state index contributed by atoms with van der Waals surface area (Å²) in [6.07, 6.45) is 0. The van der Waals surface area contributed by atoms with Crippen LogP contribution in [0.15, 0.2) is 64.0 Å². The Balaban J connectivity index is 1.70. The van der Waals surface area contributed by atoms with Gasteiger partial charge in [0.2, 0.25) is 0 Å². The van der Waals surface area contributed by atoms with Crippen molar-refractivity contribution in [2.24, 2.45) is 0 Å². The molecule has 9 heteroatoms. The van der Waals surface area contributed by atoms with E-state index in [9.17, 15) is 14.7 Å². The number of amides is 1. The molecule has 1 aliphatic rings. The fourth-order valence-electron chi connectivity index (χ4n) is 3.88. The van der Waals surface area contributed by atoms with Crippen molar-refractivity contribution in [3.63, 3.8) is 0 Å². The van der Waals surface area contributed by atoms with Gasteiger partial charge in [0.25, 0.3) is 5.78 Å². The highest BCUT2D eigenvalue weighted by Gasteiger charge is 2.48. The fourth-order valence-corrected chi connectivity index (χ4v) is 5.97. The van der Waals surface area contributed by atoms with Crippen molar-refractivity contribution in [2.75, 3.05) is 12.0 Å². The smallest absolute Gasteiger partial charge is 0.301 e. The molecule has 166 valence electrons. The first-order valence-corrected chi connectivity index (χ1v) is 12.4. The van der Waals surface area contributed by atoms with Crippen LogP contribution in [0.25, 0.3) is 16.0 Å². The number of halogens is 1. The van der Waals surface area contributed by atoms with Crippen LogP contribution in [0.5, 0.6) is 5.75 Å². The van der Waals surface area contributed by atoms with E-state index in [0.29, 0.717) is 16.2 Å². The number of Topliss-reactive ketones (excluding diaryl/α,β-unsaturated/α-hetero) is 1. The Morgan fingerprint density at radius 2 is 1.94 bits per heavy atom. The molecule has 0 aliphatic carbocycles. The number of methoxy groups -OCH3 is 1. The number of hydrogen-bond donors (Lipinski definition) is 1. The second kappa shape index (κ2) is 8.40. The van der Waals surface area contributed by atoms with E-state index in [0.717, 1.165) is 25.4 Å². The first-order valence-electron chi connectivity index (χ1n) is 9.94. The van der Waals surface area contributed by atoms with Crippen molar-refractivity contribution in [1.82, 2.24) is 4.98 Å². The molecule has 0 radical (unpaired) electrons. The highest BCUT2D eigenvalue weighted by atomic mass is 79.9. The molecular weight excluding hydrogens is 524 g/mol. The summed E-state index contributed by atoms with van der Waals surface area (Å²) >= 11 is 6.10. The van der Waals surface area contributed by atoms with E-state index in [1.807, 2.05) is 36.6 Å². The highest BCUT2D eigenvalue weighted by molar-refractivity contribution is 9.10. The fraction of sp³-hybridized carbons (Fsp3) is 0.125. The number of aromatic nitrogens is 1. The molecule has 2 aromatic heterocycles. The summed E-state index contributed by atoms with van der Waals surface area (Å²) in [5.74, 6) is -0.929. The molecule has 1 aliphatic heterocycles. The normalized spacial score (nSPS) is 17.8. The Kier molecular flexibility index (Phi) is 5.55. The van der Waals surface area contributed by atoms with Gasteiger partial charge in [0.1, 0.15) is 17.6 Å². The van der Waals surface area contributed by atoms with Crippen LogP contribution in [-0.4, -0.2) is 28.9 Å². The van der Waals surface area contributed by atoms with Crippen LogP contribution in [0.3, 0.4) is 0 Å². The number of rotatable bonds is 4. The summed E-state index contributed by atoms with van der Waals surface area (Å²) in [5, 5.41) is 13.4. The van der Waals surface area contributed by atoms with Gasteiger partial charge in [-0.2, -0.15) is 0 Å². The quantitative estimate of drug-likeness (QED) is 0.193. The average molecular weight is 541 g/mol. The first kappa shape index (κ1) is 21.8. The lowest BCUT2D eigenvalue weighted by molar-refractivity contribution is -0.132. The summed E-state index contributed by atoms with van der Waals surface area (Å²) in [6.45, 7) is 1.92. The van der Waals surface area contributed by atoms with Crippen LogP contribution in [0.1, 0.15) is 22.0 Å². The van der Waals surface area contributed by atoms with E-state index in [4.69, 9.17) is 4.74 Å². The van der Waals surface area contributed by atoms with E-state index in [2.05, 4.69) is 20.9 Å². The molecule has 1 fully saturated rings. The molecule has 1 saturated heterocycles. The van der Waals surface area contributed by atoms with Crippen LogP contribution < -0.4 is 9.64 Å². The lowest BCUT2D eigenvalue weighted by atomic mass is 10.00. The maximum atomic E-state index is 13.2. The van der Waals surface area contributed by atoms with Crippen LogP contribution in [0.4, 0.5) is 5.13 Å². The topological polar surface area (TPSA) is 79.7 Å². The number of fused-ring (bicyclic) bond motifs is 1. The van der Waals surface area contributed by atoms with Gasteiger partial charge in [-0.1, -0.05) is 45.5 Å². The van der Waals surface area contributed by atoms with Crippen molar-refractivity contribution in [3.8, 4) is 5.75 Å². The number of carbonyl (C=O) groups excluding carboxylic acids is 2. The Labute approximate surface area is 205 Å². The maximum Gasteiger partial charge on any atom is 0.301 e. The number of ketones is 1. The second-order valence-electron chi connectivity index (χ2n) is 7.48. The lowest BCUT2D eigenvalue weighted by Crippen LogP contribution is -2.28. The van der Waals surface area contributed by atoms with Crippen LogP contribution in [-0.2, 0) is 9.59 Å². The van der Waals surface area contributed by atoms with Crippen molar-refractivity contribution in [2.45, 2.75) is 13.0 Å². The lowest BCUT2D eigenvalue weighted by Gasteiger charge is -2.21. The maximum absolute atomic E-state index is 13.2. The molecule has 33 heavy (non-hydrogen) atoms. The number of aliphatic hydroxyl groups excluding tert-OH is 1. The number of anilines is 1. The largest absolute Gasteiger partial charge is 0.507 e. The third-order valence-electron chi connectivity index (χ3n) is 5.47. The van der Waals surface area contributed by atoms with Crippen molar-refractivity contribution in [1.29, 1.82) is 0 Å². The van der Waals surface area contributed by atoms with E-state index in [1.54, 1.807) is 31.4 Å². The van der Waals surface area contributed by atoms with Gasteiger partial charge in [0.05, 0.1) is 22.9 Å². The molecule has 1 atom stereocenters. The molecular formula is C24H17BrN2O4S2. The first-order chi connectivity index (χ1) is 15.9. The van der Waals surface area contributed by atoms with Crippen molar-refractivity contribution < 1.29 is 19.4 Å². The number of thiazole rings is 1. The minimum atomic E-state index is -0.766. The molecule has 1 amide bonds. The summed E-state index contributed by atoms with van der Waals surface area (Å²) in [6, 6.07) is 13.7. The number of hydrogen-bond acceptors (Lipinski definition) is 7. The predicted octanol–water partition coefficient (Wildman–Crippen LogP) is 6.06. The summed E-state index contributed by atoms with van der Waals surface area (Å²) in [7, 11) is 1.60. The zero-order valence-electron chi connectivity index (χ0n) is 17.5. The number of aliphatic hydroxyl groups is 1. The minimum Gasteiger partial charge on any atom is -0.507 e. The summed E-state index contributed by atoms with van der Waals surface area (Å²) < 4.78 is 7.10. The molecule has 0 saturated carbocycles. The van der Waals surface area contributed by atoms with Crippen molar-refractivity contribution in [3.05, 3.63) is 80.0 Å². The van der Waals surface area contributed by atoms with Gasteiger partial charge in [-0.3, -0.25) is 14.5 Å². The van der Waals surface area contributed by atoms with Crippen molar-refractivity contribution >= 4 is 71.4 Å². The predicted molar refractivity (Wildman–Crippen MR) is 134 cm³/mol. The van der Waals surface area contributed by atoms with Crippen LogP contribution in [0, 0.1) is 6.92 Å². The summed E-state index contributed by atoms with van der Waals surface area (Å²) in [4.78, 5) is 33.3. The molecule has 0 bridgehead atoms. The summed E-state index contributed by atoms with van der Waals surface area (Å²) in [5.41, 5.74) is 2.15. The van der Waals surface area contributed by atoms with E-state index < -0.39 is 17.7 Å². The number of benzene rings is 2. The molecule has 0 spiro atoms. The molecule has 2 aromatic carbocycles. The molecule has 6 nitrogen and oxygen atoms in total. The third-order valence-corrected chi connectivity index (χ3v) is 7.95. The molecule has 4 aromatic rings. The van der Waals surface area contributed by atoms with Crippen LogP contribution >= 0.6 is 38.6 Å². The Bertz CT molecular complexity index is 1420. The van der Waals surface area contributed by atoms with Gasteiger partial charge in [0, 0.05) is 14.9 Å². The number of aryl methyl sites for hydroxylation is 1. The highest BCUT2D eigenvalue weighted by Crippen LogP contribution is 2.46. The van der Waals surface area contributed by atoms with E-state index in [1.165, 1.54) is 27.6 Å². The molecule has 1 N–H and O–H groups in total. The van der Waals surface area contributed by atoms with Gasteiger partial charge in [-0.05, 0) is 48.2 Å². The second-order valence-corrected chi connectivity index (χ2v) is 10.4. The van der Waals surface area contributed by atoms with E-state index in [-0.39, 0.29) is 11.3 Å². The Hall–Kier alpha value is -3.01. The molecule has 1 unspecified atom stereocenters. The number of nitrogens with zero attached hydrogens (tertiary/aromatic N) is 2.